The Morgan fingerprint density at radius 3 is 3.21 bits per heavy atom. The van der Waals surface area contributed by atoms with Gasteiger partial charge in [0.05, 0.1) is 11.4 Å². The molecule has 0 amide bonds. The topological polar surface area (TPSA) is 45.1 Å². The van der Waals surface area contributed by atoms with Crippen LogP contribution in [0.15, 0.2) is 30.7 Å². The molecule has 1 saturated heterocycles. The molecule has 0 aromatic carbocycles. The van der Waals surface area contributed by atoms with Crippen molar-refractivity contribution in [2.24, 2.45) is 5.92 Å². The molecule has 0 aliphatic carbocycles. The molecule has 98 valence electrons. The Morgan fingerprint density at radius 1 is 1.37 bits per heavy atom. The van der Waals surface area contributed by atoms with Crippen LogP contribution in [0.3, 0.4) is 0 Å². The average Bonchev–Trinajstić information content (AvgIpc) is 3.15. The minimum absolute atomic E-state index is 0.586. The second-order valence-corrected chi connectivity index (χ2v) is 5.43. The molecule has 4 heteroatoms. The predicted octanol–water partition coefficient (Wildman–Crippen LogP) is 2.48. The Hall–Kier alpha value is -1.81. The summed E-state index contributed by atoms with van der Waals surface area (Å²) in [6.07, 6.45) is 7.37. The first-order valence-corrected chi connectivity index (χ1v) is 7.02. The van der Waals surface area contributed by atoms with Crippen molar-refractivity contribution in [3.05, 3.63) is 36.3 Å². The molecule has 0 radical (unpaired) electrons. The minimum atomic E-state index is 0.586. The fourth-order valence-electron chi connectivity index (χ4n) is 3.42. The molecule has 2 N–H and O–H groups in total. The Bertz CT molecular complexity index is 681. The van der Waals surface area contributed by atoms with E-state index in [4.69, 9.17) is 0 Å². The number of rotatable bonds is 2. The van der Waals surface area contributed by atoms with Gasteiger partial charge in [-0.1, -0.05) is 13.3 Å². The van der Waals surface area contributed by atoms with Gasteiger partial charge < -0.3 is 10.3 Å². The van der Waals surface area contributed by atoms with Gasteiger partial charge in [-0.25, -0.2) is 0 Å². The van der Waals surface area contributed by atoms with Gasteiger partial charge in [0.25, 0.3) is 0 Å². The van der Waals surface area contributed by atoms with Gasteiger partial charge >= 0.3 is 0 Å². The van der Waals surface area contributed by atoms with E-state index in [0.717, 1.165) is 30.3 Å². The summed E-state index contributed by atoms with van der Waals surface area (Å²) in [5.74, 6) is 1.31. The van der Waals surface area contributed by atoms with Crippen LogP contribution in [0, 0.1) is 5.92 Å². The highest BCUT2D eigenvalue weighted by Gasteiger charge is 2.31. The molecule has 1 aromatic heterocycles. The maximum atomic E-state index is 4.60. The lowest BCUT2D eigenvalue weighted by Crippen LogP contribution is -2.10. The summed E-state index contributed by atoms with van der Waals surface area (Å²) in [5.41, 5.74) is 4.88. The van der Waals surface area contributed by atoms with Crippen LogP contribution in [0.25, 0.3) is 17.0 Å². The number of nitrogens with one attached hydrogen (secondary N) is 2. The van der Waals surface area contributed by atoms with Crippen LogP contribution in [0.5, 0.6) is 0 Å². The molecule has 3 aliphatic rings. The summed E-state index contributed by atoms with van der Waals surface area (Å²) in [6.45, 7) is 4.48. The van der Waals surface area contributed by atoms with Gasteiger partial charge in [-0.05, 0) is 24.6 Å². The molecule has 4 rings (SSSR count). The first kappa shape index (κ1) is 11.1. The molecule has 4 nitrogen and oxygen atoms in total. The molecule has 0 spiro atoms. The summed E-state index contributed by atoms with van der Waals surface area (Å²) < 4.78 is 2.22. The highest BCUT2D eigenvalue weighted by molar-refractivity contribution is 5.68. The third-order valence-electron chi connectivity index (χ3n) is 4.48. The van der Waals surface area contributed by atoms with Crippen molar-refractivity contribution in [2.75, 3.05) is 13.1 Å². The summed E-state index contributed by atoms with van der Waals surface area (Å²) >= 11 is 0. The molecule has 0 saturated carbocycles. The van der Waals surface area contributed by atoms with Crippen molar-refractivity contribution < 1.29 is 0 Å². The SMILES string of the molecule is CC[C@@H]1CNC[C@H]1c1cnc2ccc3[nH]ccn3c1-2. The van der Waals surface area contributed by atoms with Crippen LogP contribution >= 0.6 is 0 Å². The number of imidazole rings is 1. The molecule has 4 heterocycles. The van der Waals surface area contributed by atoms with Crippen LogP contribution < -0.4 is 5.32 Å². The van der Waals surface area contributed by atoms with E-state index in [2.05, 4.69) is 51.1 Å². The van der Waals surface area contributed by atoms with Crippen molar-refractivity contribution >= 4 is 5.65 Å². The summed E-state index contributed by atoms with van der Waals surface area (Å²) in [4.78, 5) is 7.86. The number of pyridine rings is 1. The van der Waals surface area contributed by atoms with Crippen LogP contribution in [0.1, 0.15) is 24.8 Å². The predicted molar refractivity (Wildman–Crippen MR) is 75.6 cm³/mol. The van der Waals surface area contributed by atoms with Crippen LogP contribution in [-0.4, -0.2) is 27.5 Å². The van der Waals surface area contributed by atoms with Gasteiger partial charge in [0.2, 0.25) is 0 Å². The fourth-order valence-corrected chi connectivity index (χ4v) is 3.42. The second kappa shape index (κ2) is 4.10. The van der Waals surface area contributed by atoms with E-state index < -0.39 is 0 Å². The number of nitrogens with zero attached hydrogens (tertiary/aromatic N) is 2. The van der Waals surface area contributed by atoms with Gasteiger partial charge in [-0.2, -0.15) is 0 Å². The van der Waals surface area contributed by atoms with E-state index >= 15 is 0 Å². The second-order valence-electron chi connectivity index (χ2n) is 5.43. The number of hydrogen-bond donors (Lipinski definition) is 2. The minimum Gasteiger partial charge on any atom is -0.346 e. The number of hydrogen-bond acceptors (Lipinski definition) is 2. The average molecular weight is 254 g/mol. The quantitative estimate of drug-likeness (QED) is 0.738. The highest BCUT2D eigenvalue weighted by atomic mass is 15.0. The molecule has 0 bridgehead atoms. The zero-order valence-corrected chi connectivity index (χ0v) is 11.1. The molecule has 2 atom stereocenters. The van der Waals surface area contributed by atoms with Gasteiger partial charge in [-0.3, -0.25) is 9.38 Å². The van der Waals surface area contributed by atoms with E-state index in [9.17, 15) is 0 Å². The highest BCUT2D eigenvalue weighted by Crippen LogP contribution is 2.37. The third kappa shape index (κ3) is 1.53. The monoisotopic (exact) mass is 254 g/mol. The number of H-pyrrole nitrogens is 1. The molecular formula is C15H18N4. The van der Waals surface area contributed by atoms with Gasteiger partial charge in [0, 0.05) is 36.6 Å². The maximum Gasteiger partial charge on any atom is 0.114 e. The van der Waals surface area contributed by atoms with Crippen LogP contribution in [0.2, 0.25) is 0 Å². The first-order chi connectivity index (χ1) is 9.38. The van der Waals surface area contributed by atoms with Crippen molar-refractivity contribution in [3.63, 3.8) is 0 Å². The number of aromatic amines is 1. The standard InChI is InChI=1S/C15H18N4/c1-2-10-7-16-8-11(10)12-9-18-13-3-4-14-17-5-6-19(14)15(12)13/h3-6,9-11,16-17H,2,7-8H2,1H3/t10-,11-/m1/s1. The van der Waals surface area contributed by atoms with Gasteiger partial charge in [0.1, 0.15) is 5.65 Å². The molecule has 1 fully saturated rings. The largest absolute Gasteiger partial charge is 0.346 e. The lowest BCUT2D eigenvalue weighted by Gasteiger charge is -2.17. The Kier molecular flexibility index (Phi) is 2.38. The smallest absolute Gasteiger partial charge is 0.114 e. The van der Waals surface area contributed by atoms with Crippen LogP contribution in [-0.2, 0) is 0 Å². The molecular weight excluding hydrogens is 236 g/mol. The summed E-state index contributed by atoms with van der Waals surface area (Å²) in [7, 11) is 0. The zero-order chi connectivity index (χ0) is 12.8. The van der Waals surface area contributed by atoms with E-state index in [1.165, 1.54) is 17.7 Å². The van der Waals surface area contributed by atoms with E-state index in [0.29, 0.717) is 5.92 Å². The zero-order valence-electron chi connectivity index (χ0n) is 11.1. The Morgan fingerprint density at radius 2 is 2.32 bits per heavy atom. The van der Waals surface area contributed by atoms with Crippen molar-refractivity contribution in [3.8, 4) is 11.4 Å². The first-order valence-electron chi connectivity index (χ1n) is 7.02. The maximum absolute atomic E-state index is 4.60. The molecule has 1 aromatic rings. The third-order valence-corrected chi connectivity index (χ3v) is 4.48. The molecule has 0 unspecified atom stereocenters. The van der Waals surface area contributed by atoms with Gasteiger partial charge in [-0.15, -0.1) is 0 Å². The fraction of sp³-hybridized carbons (Fsp3) is 0.400. The van der Waals surface area contributed by atoms with Crippen molar-refractivity contribution in [1.82, 2.24) is 19.7 Å². The Balaban J connectivity index is 1.92. The molecule has 19 heavy (non-hydrogen) atoms. The lowest BCUT2D eigenvalue weighted by atomic mass is 9.87. The van der Waals surface area contributed by atoms with Crippen LogP contribution in [0.4, 0.5) is 0 Å². The van der Waals surface area contributed by atoms with E-state index in [1.54, 1.807) is 0 Å². The summed E-state index contributed by atoms with van der Waals surface area (Å²) in [5, 5.41) is 3.52. The number of fused-ring (bicyclic) bond motifs is 3. The Labute approximate surface area is 112 Å². The van der Waals surface area contributed by atoms with Gasteiger partial charge in [0.15, 0.2) is 0 Å². The normalized spacial score (nSPS) is 23.6. The van der Waals surface area contributed by atoms with E-state index in [1.807, 2.05) is 6.20 Å². The number of aromatic nitrogens is 3. The molecule has 3 aliphatic heterocycles. The summed E-state index contributed by atoms with van der Waals surface area (Å²) in [6, 6.07) is 4.19. The van der Waals surface area contributed by atoms with E-state index in [-0.39, 0.29) is 0 Å². The van der Waals surface area contributed by atoms with Crippen molar-refractivity contribution in [1.29, 1.82) is 0 Å². The van der Waals surface area contributed by atoms with Crippen molar-refractivity contribution in [2.45, 2.75) is 19.3 Å². The lowest BCUT2D eigenvalue weighted by molar-refractivity contribution is 0.503.